The standard InChI is InChI=1S/C18H22N2O3/c1-2-4-14(5-3-1)16-12-19-17(23-16)13-20-8-6-15(7-9-20)18-21-10-11-22-18/h1-5,12,15,18H,6-11,13H2. The van der Waals surface area contributed by atoms with E-state index in [1.54, 1.807) is 0 Å². The van der Waals surface area contributed by atoms with Crippen LogP contribution in [0.5, 0.6) is 0 Å². The molecule has 2 saturated heterocycles. The van der Waals surface area contributed by atoms with E-state index in [-0.39, 0.29) is 6.29 Å². The first-order valence-corrected chi connectivity index (χ1v) is 8.34. The summed E-state index contributed by atoms with van der Waals surface area (Å²) in [6.07, 6.45) is 4.05. The predicted octanol–water partition coefficient (Wildman–Crippen LogP) is 2.93. The lowest BCUT2D eigenvalue weighted by Crippen LogP contribution is -2.37. The van der Waals surface area contributed by atoms with Crippen LogP contribution in [0.1, 0.15) is 18.7 Å². The van der Waals surface area contributed by atoms with Crippen LogP contribution in [0.25, 0.3) is 11.3 Å². The third-order valence-corrected chi connectivity index (χ3v) is 4.64. The maximum absolute atomic E-state index is 5.90. The molecule has 0 atom stereocenters. The Hall–Kier alpha value is -1.69. The van der Waals surface area contributed by atoms with Gasteiger partial charge in [-0.3, -0.25) is 4.90 Å². The van der Waals surface area contributed by atoms with Gasteiger partial charge in [0.15, 0.2) is 12.1 Å². The molecular formula is C18H22N2O3. The Morgan fingerprint density at radius 3 is 2.52 bits per heavy atom. The zero-order chi connectivity index (χ0) is 15.5. The highest BCUT2D eigenvalue weighted by atomic mass is 16.7. The zero-order valence-electron chi connectivity index (χ0n) is 13.2. The number of piperidine rings is 1. The highest BCUT2D eigenvalue weighted by Crippen LogP contribution is 2.27. The fourth-order valence-electron chi connectivity index (χ4n) is 3.34. The number of nitrogens with zero attached hydrogens (tertiary/aromatic N) is 2. The maximum Gasteiger partial charge on any atom is 0.209 e. The molecule has 0 radical (unpaired) electrons. The minimum Gasteiger partial charge on any atom is -0.439 e. The number of aromatic nitrogens is 1. The van der Waals surface area contributed by atoms with E-state index in [9.17, 15) is 0 Å². The Balaban J connectivity index is 1.32. The lowest BCUT2D eigenvalue weighted by molar-refractivity contribution is -0.0980. The quantitative estimate of drug-likeness (QED) is 0.868. The summed E-state index contributed by atoms with van der Waals surface area (Å²) in [6, 6.07) is 10.1. The van der Waals surface area contributed by atoms with Gasteiger partial charge in [-0.25, -0.2) is 4.98 Å². The van der Waals surface area contributed by atoms with Gasteiger partial charge in [0.1, 0.15) is 0 Å². The first kappa shape index (κ1) is 14.9. The first-order chi connectivity index (χ1) is 11.4. The van der Waals surface area contributed by atoms with E-state index in [2.05, 4.69) is 9.88 Å². The van der Waals surface area contributed by atoms with Crippen molar-refractivity contribution in [1.82, 2.24) is 9.88 Å². The van der Waals surface area contributed by atoms with Gasteiger partial charge in [0.2, 0.25) is 5.89 Å². The lowest BCUT2D eigenvalue weighted by Gasteiger charge is -2.33. The smallest absolute Gasteiger partial charge is 0.209 e. The van der Waals surface area contributed by atoms with Crippen molar-refractivity contribution < 1.29 is 13.9 Å². The molecule has 1 aromatic carbocycles. The van der Waals surface area contributed by atoms with E-state index in [1.807, 2.05) is 36.5 Å². The van der Waals surface area contributed by atoms with Crippen LogP contribution in [0, 0.1) is 5.92 Å². The predicted molar refractivity (Wildman–Crippen MR) is 85.6 cm³/mol. The highest BCUT2D eigenvalue weighted by molar-refractivity contribution is 5.55. The molecule has 23 heavy (non-hydrogen) atoms. The van der Waals surface area contributed by atoms with Crippen LogP contribution in [0.4, 0.5) is 0 Å². The summed E-state index contributed by atoms with van der Waals surface area (Å²) in [6.45, 7) is 4.33. The average Bonchev–Trinajstić information content (AvgIpc) is 3.28. The summed E-state index contributed by atoms with van der Waals surface area (Å²) in [5.41, 5.74) is 1.07. The maximum atomic E-state index is 5.90. The summed E-state index contributed by atoms with van der Waals surface area (Å²) in [4.78, 5) is 6.82. The SMILES string of the molecule is c1ccc(-c2cnc(CN3CCC(C4OCCO4)CC3)o2)cc1. The van der Waals surface area contributed by atoms with Crippen LogP contribution in [-0.2, 0) is 16.0 Å². The van der Waals surface area contributed by atoms with Crippen molar-refractivity contribution in [3.63, 3.8) is 0 Å². The van der Waals surface area contributed by atoms with Gasteiger partial charge in [0, 0.05) is 11.5 Å². The Morgan fingerprint density at radius 2 is 1.78 bits per heavy atom. The van der Waals surface area contributed by atoms with Gasteiger partial charge in [0.05, 0.1) is 26.0 Å². The molecule has 2 aromatic rings. The van der Waals surface area contributed by atoms with Gasteiger partial charge in [-0.2, -0.15) is 0 Å². The molecule has 0 bridgehead atoms. The third-order valence-electron chi connectivity index (χ3n) is 4.64. The molecule has 5 heteroatoms. The number of ether oxygens (including phenoxy) is 2. The molecule has 3 heterocycles. The topological polar surface area (TPSA) is 47.7 Å². The molecule has 2 aliphatic heterocycles. The van der Waals surface area contributed by atoms with Crippen LogP contribution in [0.3, 0.4) is 0 Å². The number of hydrogen-bond donors (Lipinski definition) is 0. The number of benzene rings is 1. The van der Waals surface area contributed by atoms with Crippen LogP contribution in [0.2, 0.25) is 0 Å². The van der Waals surface area contributed by atoms with Gasteiger partial charge in [-0.05, 0) is 25.9 Å². The molecule has 0 saturated carbocycles. The largest absolute Gasteiger partial charge is 0.439 e. The molecule has 0 unspecified atom stereocenters. The van der Waals surface area contributed by atoms with Crippen LogP contribution < -0.4 is 0 Å². The first-order valence-electron chi connectivity index (χ1n) is 8.34. The van der Waals surface area contributed by atoms with E-state index in [0.29, 0.717) is 5.92 Å². The lowest BCUT2D eigenvalue weighted by atomic mass is 9.96. The van der Waals surface area contributed by atoms with E-state index in [1.165, 1.54) is 0 Å². The second kappa shape index (κ2) is 6.83. The van der Waals surface area contributed by atoms with Crippen molar-refractivity contribution in [2.45, 2.75) is 25.7 Å². The van der Waals surface area contributed by atoms with Crippen molar-refractivity contribution in [2.24, 2.45) is 5.92 Å². The van der Waals surface area contributed by atoms with Gasteiger partial charge in [0.25, 0.3) is 0 Å². The Kier molecular flexibility index (Phi) is 4.41. The molecule has 2 aliphatic rings. The van der Waals surface area contributed by atoms with Crippen LogP contribution in [-0.4, -0.2) is 42.5 Å². The molecule has 0 spiro atoms. The van der Waals surface area contributed by atoms with E-state index < -0.39 is 0 Å². The summed E-state index contributed by atoms with van der Waals surface area (Å²) in [7, 11) is 0. The third kappa shape index (κ3) is 3.47. The van der Waals surface area contributed by atoms with Gasteiger partial charge in [-0.15, -0.1) is 0 Å². The second-order valence-corrected chi connectivity index (χ2v) is 6.21. The molecule has 0 N–H and O–H groups in total. The van der Waals surface area contributed by atoms with Gasteiger partial charge < -0.3 is 13.9 Å². The van der Waals surface area contributed by atoms with Crippen molar-refractivity contribution in [2.75, 3.05) is 26.3 Å². The number of rotatable bonds is 4. The monoisotopic (exact) mass is 314 g/mol. The van der Waals surface area contributed by atoms with Gasteiger partial charge >= 0.3 is 0 Å². The van der Waals surface area contributed by atoms with E-state index in [0.717, 1.165) is 62.9 Å². The van der Waals surface area contributed by atoms with Crippen LogP contribution >= 0.6 is 0 Å². The van der Waals surface area contributed by atoms with E-state index >= 15 is 0 Å². The average molecular weight is 314 g/mol. The summed E-state index contributed by atoms with van der Waals surface area (Å²) < 4.78 is 17.2. The molecule has 0 aliphatic carbocycles. The molecule has 122 valence electrons. The second-order valence-electron chi connectivity index (χ2n) is 6.21. The van der Waals surface area contributed by atoms with Crippen LogP contribution in [0.15, 0.2) is 40.9 Å². The van der Waals surface area contributed by atoms with Crippen molar-refractivity contribution in [3.05, 3.63) is 42.4 Å². The normalized spacial score (nSPS) is 21.0. The fourth-order valence-corrected chi connectivity index (χ4v) is 3.34. The molecule has 1 aromatic heterocycles. The summed E-state index contributed by atoms with van der Waals surface area (Å²) in [5.74, 6) is 2.15. The molecule has 2 fully saturated rings. The minimum absolute atomic E-state index is 0.0172. The summed E-state index contributed by atoms with van der Waals surface area (Å²) >= 11 is 0. The fraction of sp³-hybridized carbons (Fsp3) is 0.500. The molecule has 4 rings (SSSR count). The molecule has 5 nitrogen and oxygen atoms in total. The van der Waals surface area contributed by atoms with Crippen molar-refractivity contribution >= 4 is 0 Å². The highest BCUT2D eigenvalue weighted by Gasteiger charge is 2.30. The molecule has 0 amide bonds. The number of oxazole rings is 1. The number of likely N-dealkylation sites (tertiary alicyclic amines) is 1. The Bertz CT molecular complexity index is 614. The Labute approximate surface area is 136 Å². The zero-order valence-corrected chi connectivity index (χ0v) is 13.2. The number of hydrogen-bond acceptors (Lipinski definition) is 5. The minimum atomic E-state index is 0.0172. The van der Waals surface area contributed by atoms with E-state index in [4.69, 9.17) is 13.9 Å². The summed E-state index contributed by atoms with van der Waals surface area (Å²) in [5, 5.41) is 0. The van der Waals surface area contributed by atoms with Crippen molar-refractivity contribution in [3.8, 4) is 11.3 Å². The molecular weight excluding hydrogens is 292 g/mol. The van der Waals surface area contributed by atoms with Crippen molar-refractivity contribution in [1.29, 1.82) is 0 Å². The Morgan fingerprint density at radius 1 is 1.04 bits per heavy atom. The van der Waals surface area contributed by atoms with Gasteiger partial charge in [-0.1, -0.05) is 30.3 Å².